The maximum absolute atomic E-state index is 6.19. The summed E-state index contributed by atoms with van der Waals surface area (Å²) in [7, 11) is 7.33. The zero-order valence-corrected chi connectivity index (χ0v) is 14.5. The first-order chi connectivity index (χ1) is 11.0. The molecule has 5 heteroatoms. The summed E-state index contributed by atoms with van der Waals surface area (Å²) in [4.78, 5) is 2.06. The van der Waals surface area contributed by atoms with E-state index >= 15 is 0 Å². The summed E-state index contributed by atoms with van der Waals surface area (Å²) in [5, 5.41) is 0.652. The Kier molecular flexibility index (Phi) is 4.37. The highest BCUT2D eigenvalue weighted by molar-refractivity contribution is 6.31. The van der Waals surface area contributed by atoms with Crippen LogP contribution in [0.5, 0.6) is 17.2 Å². The number of rotatable bonds is 4. The summed E-state index contributed by atoms with van der Waals surface area (Å²) in [6, 6.07) is 9.56. The molecule has 122 valence electrons. The first-order valence-electron chi connectivity index (χ1n) is 7.41. The van der Waals surface area contributed by atoms with E-state index in [1.807, 2.05) is 44.4 Å². The number of fused-ring (bicyclic) bond motifs is 1. The van der Waals surface area contributed by atoms with Gasteiger partial charge in [-0.05, 0) is 44.4 Å². The Balaban J connectivity index is 2.18. The van der Waals surface area contributed by atoms with Gasteiger partial charge < -0.3 is 14.2 Å². The summed E-state index contributed by atoms with van der Waals surface area (Å²) in [6.45, 7) is 0. The standard InChI is InChI=1S/C18H20ClNO3/c1-20(2)17-8-11-7-13(21-3)10-15(18(11)23-17)14-9-12(19)5-6-16(14)22-4/h5-7,9-10,17H,8H2,1-4H3. The van der Waals surface area contributed by atoms with Crippen LogP contribution in [0.3, 0.4) is 0 Å². The van der Waals surface area contributed by atoms with Crippen molar-refractivity contribution in [1.29, 1.82) is 0 Å². The highest BCUT2D eigenvalue weighted by atomic mass is 35.5. The minimum atomic E-state index is 0.0148. The molecule has 0 radical (unpaired) electrons. The van der Waals surface area contributed by atoms with Crippen molar-refractivity contribution in [1.82, 2.24) is 4.90 Å². The lowest BCUT2D eigenvalue weighted by molar-refractivity contribution is 0.0866. The number of benzene rings is 2. The van der Waals surface area contributed by atoms with Crippen molar-refractivity contribution in [3.8, 4) is 28.4 Å². The van der Waals surface area contributed by atoms with Crippen LogP contribution in [-0.2, 0) is 6.42 Å². The van der Waals surface area contributed by atoms with Crippen molar-refractivity contribution in [2.75, 3.05) is 28.3 Å². The fourth-order valence-electron chi connectivity index (χ4n) is 2.81. The smallest absolute Gasteiger partial charge is 0.156 e. The molecule has 0 saturated carbocycles. The Labute approximate surface area is 141 Å². The normalized spacial score (nSPS) is 16.2. The van der Waals surface area contributed by atoms with Gasteiger partial charge in [0, 0.05) is 28.1 Å². The fraction of sp³-hybridized carbons (Fsp3) is 0.333. The molecule has 1 aliphatic heterocycles. The summed E-state index contributed by atoms with van der Waals surface area (Å²) in [6.07, 6.45) is 0.830. The molecule has 0 spiro atoms. The summed E-state index contributed by atoms with van der Waals surface area (Å²) in [5.74, 6) is 2.41. The average molecular weight is 334 g/mol. The van der Waals surface area contributed by atoms with Gasteiger partial charge in [0.1, 0.15) is 17.2 Å². The van der Waals surface area contributed by atoms with E-state index in [0.717, 1.165) is 40.4 Å². The van der Waals surface area contributed by atoms with Crippen molar-refractivity contribution in [2.45, 2.75) is 12.6 Å². The molecule has 23 heavy (non-hydrogen) atoms. The largest absolute Gasteiger partial charge is 0.497 e. The fourth-order valence-corrected chi connectivity index (χ4v) is 2.99. The molecule has 0 aliphatic carbocycles. The van der Waals surface area contributed by atoms with Gasteiger partial charge in [-0.2, -0.15) is 0 Å². The number of likely N-dealkylation sites (N-methyl/N-ethyl adjacent to an activating group) is 1. The van der Waals surface area contributed by atoms with E-state index in [0.29, 0.717) is 5.02 Å². The van der Waals surface area contributed by atoms with Gasteiger partial charge in [-0.1, -0.05) is 11.6 Å². The van der Waals surface area contributed by atoms with Gasteiger partial charge in [-0.3, -0.25) is 4.90 Å². The Morgan fingerprint density at radius 1 is 1.09 bits per heavy atom. The van der Waals surface area contributed by atoms with E-state index in [9.17, 15) is 0 Å². The molecule has 1 atom stereocenters. The van der Waals surface area contributed by atoms with E-state index in [4.69, 9.17) is 25.8 Å². The first kappa shape index (κ1) is 16.0. The molecule has 0 saturated heterocycles. The van der Waals surface area contributed by atoms with E-state index in [2.05, 4.69) is 4.90 Å². The SMILES string of the molecule is COc1cc2c(c(-c3cc(Cl)ccc3OC)c1)OC(N(C)C)C2. The lowest BCUT2D eigenvalue weighted by atomic mass is 9.99. The highest BCUT2D eigenvalue weighted by Crippen LogP contribution is 2.45. The molecule has 2 aromatic rings. The number of hydrogen-bond donors (Lipinski definition) is 0. The third-order valence-corrected chi connectivity index (χ3v) is 4.29. The van der Waals surface area contributed by atoms with Crippen molar-refractivity contribution in [3.05, 3.63) is 40.9 Å². The van der Waals surface area contributed by atoms with Gasteiger partial charge in [0.15, 0.2) is 6.23 Å². The Hall–Kier alpha value is -1.91. The number of ether oxygens (including phenoxy) is 3. The van der Waals surface area contributed by atoms with E-state index < -0.39 is 0 Å². The molecule has 0 bridgehead atoms. The molecule has 1 unspecified atom stereocenters. The van der Waals surface area contributed by atoms with Crippen LogP contribution in [0.4, 0.5) is 0 Å². The van der Waals surface area contributed by atoms with Gasteiger partial charge in [0.25, 0.3) is 0 Å². The monoisotopic (exact) mass is 333 g/mol. The maximum Gasteiger partial charge on any atom is 0.156 e. The average Bonchev–Trinajstić information content (AvgIpc) is 2.98. The van der Waals surface area contributed by atoms with Gasteiger partial charge in [-0.15, -0.1) is 0 Å². The zero-order valence-electron chi connectivity index (χ0n) is 13.7. The Morgan fingerprint density at radius 2 is 1.87 bits per heavy atom. The van der Waals surface area contributed by atoms with Gasteiger partial charge in [0.2, 0.25) is 0 Å². The van der Waals surface area contributed by atoms with Crippen LogP contribution in [0.25, 0.3) is 11.1 Å². The molecule has 2 aromatic carbocycles. The van der Waals surface area contributed by atoms with Crippen LogP contribution >= 0.6 is 11.6 Å². The third kappa shape index (κ3) is 2.96. The van der Waals surface area contributed by atoms with Gasteiger partial charge >= 0.3 is 0 Å². The highest BCUT2D eigenvalue weighted by Gasteiger charge is 2.29. The molecule has 1 heterocycles. The Morgan fingerprint density at radius 3 is 2.52 bits per heavy atom. The van der Waals surface area contributed by atoms with Crippen LogP contribution in [0.1, 0.15) is 5.56 Å². The quantitative estimate of drug-likeness (QED) is 0.850. The number of methoxy groups -OCH3 is 2. The minimum absolute atomic E-state index is 0.0148. The molecular weight excluding hydrogens is 314 g/mol. The molecular formula is C18H20ClNO3. The molecule has 0 fully saturated rings. The molecule has 0 N–H and O–H groups in total. The third-order valence-electron chi connectivity index (χ3n) is 4.05. The van der Waals surface area contributed by atoms with Gasteiger partial charge in [0.05, 0.1) is 14.2 Å². The van der Waals surface area contributed by atoms with Crippen molar-refractivity contribution < 1.29 is 14.2 Å². The topological polar surface area (TPSA) is 30.9 Å². The minimum Gasteiger partial charge on any atom is -0.497 e. The molecule has 0 amide bonds. The van der Waals surface area contributed by atoms with E-state index in [1.165, 1.54) is 0 Å². The lowest BCUT2D eigenvalue weighted by Gasteiger charge is -2.19. The summed E-state index contributed by atoms with van der Waals surface area (Å²) < 4.78 is 17.1. The summed E-state index contributed by atoms with van der Waals surface area (Å²) >= 11 is 6.19. The van der Waals surface area contributed by atoms with E-state index in [1.54, 1.807) is 14.2 Å². The van der Waals surface area contributed by atoms with E-state index in [-0.39, 0.29) is 6.23 Å². The van der Waals surface area contributed by atoms with Crippen LogP contribution in [-0.4, -0.2) is 39.4 Å². The second-order valence-electron chi connectivity index (χ2n) is 5.75. The predicted octanol–water partition coefficient (Wildman–Crippen LogP) is 3.85. The molecule has 0 aromatic heterocycles. The van der Waals surface area contributed by atoms with Crippen molar-refractivity contribution in [2.24, 2.45) is 0 Å². The van der Waals surface area contributed by atoms with Crippen LogP contribution in [0.2, 0.25) is 5.02 Å². The number of nitrogens with zero attached hydrogens (tertiary/aromatic N) is 1. The molecule has 3 rings (SSSR count). The summed E-state index contributed by atoms with van der Waals surface area (Å²) in [5.41, 5.74) is 2.96. The molecule has 4 nitrogen and oxygen atoms in total. The predicted molar refractivity (Wildman–Crippen MR) is 91.8 cm³/mol. The van der Waals surface area contributed by atoms with Crippen LogP contribution in [0.15, 0.2) is 30.3 Å². The number of hydrogen-bond acceptors (Lipinski definition) is 4. The first-order valence-corrected chi connectivity index (χ1v) is 7.79. The van der Waals surface area contributed by atoms with Crippen LogP contribution < -0.4 is 14.2 Å². The zero-order chi connectivity index (χ0) is 16.6. The van der Waals surface area contributed by atoms with Crippen LogP contribution in [0, 0.1) is 0 Å². The Bertz CT molecular complexity index is 730. The molecule has 1 aliphatic rings. The maximum atomic E-state index is 6.19. The second kappa shape index (κ2) is 6.30. The second-order valence-corrected chi connectivity index (χ2v) is 6.18. The van der Waals surface area contributed by atoms with Crippen molar-refractivity contribution >= 4 is 11.6 Å². The lowest BCUT2D eigenvalue weighted by Crippen LogP contribution is -2.31. The van der Waals surface area contributed by atoms with Crippen molar-refractivity contribution in [3.63, 3.8) is 0 Å². The van der Waals surface area contributed by atoms with Gasteiger partial charge in [-0.25, -0.2) is 0 Å². The number of halogens is 1.